The molecule has 0 aliphatic carbocycles. The molecule has 0 radical (unpaired) electrons. The van der Waals surface area contributed by atoms with E-state index in [-0.39, 0.29) is 11.9 Å². The molecule has 2 atom stereocenters. The molecule has 4 nitrogen and oxygen atoms in total. The lowest BCUT2D eigenvalue weighted by Gasteiger charge is -2.36. The number of carbonyl (C=O) groups excluding carboxylic acids is 1. The number of hydrogen-bond donors (Lipinski definition) is 2. The molecule has 1 amide bonds. The van der Waals surface area contributed by atoms with Gasteiger partial charge in [0, 0.05) is 24.8 Å². The average molecular weight is 324 g/mol. The Kier molecular flexibility index (Phi) is 4.86. The van der Waals surface area contributed by atoms with Crippen molar-refractivity contribution in [3.8, 4) is 0 Å². The van der Waals surface area contributed by atoms with Crippen LogP contribution in [0.5, 0.6) is 0 Å². The number of carbonyl (C=O) groups is 1. The van der Waals surface area contributed by atoms with Crippen molar-refractivity contribution in [1.29, 1.82) is 0 Å². The number of anilines is 1. The molecule has 0 bridgehead atoms. The zero-order valence-corrected chi connectivity index (χ0v) is 14.0. The minimum atomic E-state index is -1.52. The summed E-state index contributed by atoms with van der Waals surface area (Å²) < 4.78 is 0. The fourth-order valence-corrected chi connectivity index (χ4v) is 3.19. The predicted molar refractivity (Wildman–Crippen MR) is 95.8 cm³/mol. The first kappa shape index (κ1) is 16.5. The SMILES string of the molecule is CC(O)(C(=O)NC1CCCN(c2ccccc2)C1)c1ccccc1. The number of hydrogen-bond acceptors (Lipinski definition) is 3. The van der Waals surface area contributed by atoms with Gasteiger partial charge in [-0.2, -0.15) is 0 Å². The van der Waals surface area contributed by atoms with Crippen molar-refractivity contribution < 1.29 is 9.90 Å². The third kappa shape index (κ3) is 3.60. The molecule has 2 aromatic carbocycles. The molecule has 0 aromatic heterocycles. The second-order valence-electron chi connectivity index (χ2n) is 6.53. The molecule has 2 N–H and O–H groups in total. The number of aliphatic hydroxyl groups is 1. The van der Waals surface area contributed by atoms with Crippen LogP contribution >= 0.6 is 0 Å². The highest BCUT2D eigenvalue weighted by Gasteiger charge is 2.34. The van der Waals surface area contributed by atoms with Gasteiger partial charge < -0.3 is 15.3 Å². The first-order chi connectivity index (χ1) is 11.6. The van der Waals surface area contributed by atoms with Gasteiger partial charge in [-0.25, -0.2) is 0 Å². The van der Waals surface area contributed by atoms with E-state index in [4.69, 9.17) is 0 Å². The van der Waals surface area contributed by atoms with E-state index in [2.05, 4.69) is 22.3 Å². The highest BCUT2D eigenvalue weighted by Crippen LogP contribution is 2.23. The van der Waals surface area contributed by atoms with Crippen molar-refractivity contribution in [3.05, 3.63) is 66.2 Å². The summed E-state index contributed by atoms with van der Waals surface area (Å²) in [4.78, 5) is 14.9. The fraction of sp³-hybridized carbons (Fsp3) is 0.350. The van der Waals surface area contributed by atoms with Crippen LogP contribution in [0.4, 0.5) is 5.69 Å². The summed E-state index contributed by atoms with van der Waals surface area (Å²) in [6.45, 7) is 3.31. The highest BCUT2D eigenvalue weighted by molar-refractivity contribution is 5.86. The first-order valence-corrected chi connectivity index (χ1v) is 8.46. The summed E-state index contributed by atoms with van der Waals surface area (Å²) >= 11 is 0. The lowest BCUT2D eigenvalue weighted by molar-refractivity contribution is -0.139. The maximum Gasteiger partial charge on any atom is 0.256 e. The van der Waals surface area contributed by atoms with E-state index in [9.17, 15) is 9.90 Å². The number of nitrogens with one attached hydrogen (secondary N) is 1. The van der Waals surface area contributed by atoms with E-state index in [1.807, 2.05) is 36.4 Å². The third-order valence-corrected chi connectivity index (χ3v) is 4.66. The Labute approximate surface area is 143 Å². The molecule has 126 valence electrons. The van der Waals surface area contributed by atoms with Gasteiger partial charge in [-0.15, -0.1) is 0 Å². The van der Waals surface area contributed by atoms with Gasteiger partial charge in [0.1, 0.15) is 0 Å². The summed E-state index contributed by atoms with van der Waals surface area (Å²) in [7, 11) is 0. The van der Waals surface area contributed by atoms with Crippen molar-refractivity contribution in [2.45, 2.75) is 31.4 Å². The van der Waals surface area contributed by atoms with Gasteiger partial charge >= 0.3 is 0 Å². The quantitative estimate of drug-likeness (QED) is 0.909. The smallest absolute Gasteiger partial charge is 0.256 e. The molecule has 0 saturated carbocycles. The van der Waals surface area contributed by atoms with Crippen LogP contribution in [0.2, 0.25) is 0 Å². The van der Waals surface area contributed by atoms with Gasteiger partial charge in [0.15, 0.2) is 5.60 Å². The number of benzene rings is 2. The van der Waals surface area contributed by atoms with Crippen molar-refractivity contribution >= 4 is 11.6 Å². The Hall–Kier alpha value is -2.33. The van der Waals surface area contributed by atoms with Crippen LogP contribution in [0.25, 0.3) is 0 Å². The number of rotatable bonds is 4. The number of amides is 1. The lowest BCUT2D eigenvalue weighted by Crippen LogP contribution is -2.52. The summed E-state index contributed by atoms with van der Waals surface area (Å²) in [5.74, 6) is -0.339. The highest BCUT2D eigenvalue weighted by atomic mass is 16.3. The molecule has 1 saturated heterocycles. The molecule has 4 heteroatoms. The van der Waals surface area contributed by atoms with Gasteiger partial charge in [0.25, 0.3) is 5.91 Å². The molecule has 0 spiro atoms. The Bertz CT molecular complexity index is 671. The summed E-state index contributed by atoms with van der Waals surface area (Å²) in [5.41, 5.74) is 0.264. The monoisotopic (exact) mass is 324 g/mol. The number of piperidine rings is 1. The van der Waals surface area contributed by atoms with Crippen LogP contribution in [0, 0.1) is 0 Å². The largest absolute Gasteiger partial charge is 0.376 e. The fourth-order valence-electron chi connectivity index (χ4n) is 3.19. The van der Waals surface area contributed by atoms with E-state index in [0.717, 1.165) is 25.9 Å². The summed E-state index contributed by atoms with van der Waals surface area (Å²) in [6, 6.07) is 19.4. The van der Waals surface area contributed by atoms with Crippen molar-refractivity contribution in [3.63, 3.8) is 0 Å². The van der Waals surface area contributed by atoms with E-state index >= 15 is 0 Å². The van der Waals surface area contributed by atoms with Crippen LogP contribution in [0.15, 0.2) is 60.7 Å². The Morgan fingerprint density at radius 2 is 1.75 bits per heavy atom. The van der Waals surface area contributed by atoms with E-state index in [1.165, 1.54) is 5.69 Å². The normalized spacial score (nSPS) is 20.2. The van der Waals surface area contributed by atoms with Crippen molar-refractivity contribution in [1.82, 2.24) is 5.32 Å². The molecule has 3 rings (SSSR count). The molecule has 1 aliphatic heterocycles. The molecule has 24 heavy (non-hydrogen) atoms. The first-order valence-electron chi connectivity index (χ1n) is 8.46. The molecular formula is C20H24N2O2. The van der Waals surface area contributed by atoms with Crippen LogP contribution in [-0.4, -0.2) is 30.1 Å². The predicted octanol–water partition coefficient (Wildman–Crippen LogP) is 2.68. The molecule has 1 aliphatic rings. The second-order valence-corrected chi connectivity index (χ2v) is 6.53. The van der Waals surface area contributed by atoms with E-state index < -0.39 is 5.60 Å². The van der Waals surface area contributed by atoms with Gasteiger partial charge in [-0.05, 0) is 37.5 Å². The van der Waals surface area contributed by atoms with E-state index in [1.54, 1.807) is 19.1 Å². The molecule has 1 fully saturated rings. The Balaban J connectivity index is 1.66. The topological polar surface area (TPSA) is 52.6 Å². The number of para-hydroxylation sites is 1. The zero-order valence-electron chi connectivity index (χ0n) is 14.0. The zero-order chi connectivity index (χ0) is 17.0. The molecular weight excluding hydrogens is 300 g/mol. The van der Waals surface area contributed by atoms with Crippen molar-refractivity contribution in [2.75, 3.05) is 18.0 Å². The minimum absolute atomic E-state index is 0.0432. The van der Waals surface area contributed by atoms with Gasteiger partial charge in [0.05, 0.1) is 0 Å². The van der Waals surface area contributed by atoms with E-state index in [0.29, 0.717) is 5.56 Å². The molecule has 2 aromatic rings. The van der Waals surface area contributed by atoms with Crippen LogP contribution in [0.1, 0.15) is 25.3 Å². The van der Waals surface area contributed by atoms with Gasteiger partial charge in [0.2, 0.25) is 0 Å². The maximum atomic E-state index is 12.6. The third-order valence-electron chi connectivity index (χ3n) is 4.66. The minimum Gasteiger partial charge on any atom is -0.376 e. The standard InChI is InChI=1S/C20H24N2O2/c1-20(24,16-9-4-2-5-10-16)19(23)21-17-11-8-14-22(15-17)18-12-6-3-7-13-18/h2-7,9-10,12-13,17,24H,8,11,14-15H2,1H3,(H,21,23). The Morgan fingerprint density at radius 3 is 2.42 bits per heavy atom. The number of nitrogens with zero attached hydrogens (tertiary/aromatic N) is 1. The Morgan fingerprint density at radius 1 is 1.12 bits per heavy atom. The maximum absolute atomic E-state index is 12.6. The van der Waals surface area contributed by atoms with Crippen LogP contribution in [0.3, 0.4) is 0 Å². The van der Waals surface area contributed by atoms with Gasteiger partial charge in [-0.1, -0.05) is 48.5 Å². The average Bonchev–Trinajstić information content (AvgIpc) is 2.63. The van der Waals surface area contributed by atoms with Crippen LogP contribution < -0.4 is 10.2 Å². The molecule has 1 heterocycles. The van der Waals surface area contributed by atoms with Crippen LogP contribution in [-0.2, 0) is 10.4 Å². The summed E-state index contributed by atoms with van der Waals surface area (Å²) in [6.07, 6.45) is 1.95. The second kappa shape index (κ2) is 7.05. The van der Waals surface area contributed by atoms with Gasteiger partial charge in [-0.3, -0.25) is 4.79 Å². The lowest BCUT2D eigenvalue weighted by atomic mass is 9.94. The van der Waals surface area contributed by atoms with Crippen molar-refractivity contribution in [2.24, 2.45) is 0 Å². The molecule has 2 unspecified atom stereocenters. The summed E-state index contributed by atoms with van der Waals surface area (Å²) in [5, 5.41) is 13.7.